The third kappa shape index (κ3) is 4.20. The Balaban J connectivity index is 1.92. The van der Waals surface area contributed by atoms with Gasteiger partial charge >= 0.3 is 0 Å². The first-order valence-electron chi connectivity index (χ1n) is 7.33. The summed E-state index contributed by atoms with van der Waals surface area (Å²) in [5, 5.41) is 0. The number of carbonyl (C=O) groups is 1. The Morgan fingerprint density at radius 3 is 2.60 bits per heavy atom. The first kappa shape index (κ1) is 14.8. The molecule has 3 heteroatoms. The van der Waals surface area contributed by atoms with Crippen LogP contribution in [-0.2, 0) is 4.79 Å². The number of ether oxygens (including phenoxy) is 1. The highest BCUT2D eigenvalue weighted by Crippen LogP contribution is 2.24. The van der Waals surface area contributed by atoms with E-state index in [1.165, 1.54) is 11.1 Å². The number of ketones is 1. The molecule has 0 N–H and O–H groups in total. The Morgan fingerprint density at radius 2 is 2.05 bits per heavy atom. The molecule has 1 aromatic rings. The van der Waals surface area contributed by atoms with Crippen LogP contribution < -0.4 is 4.74 Å². The second-order valence-electron chi connectivity index (χ2n) is 5.19. The molecule has 1 aliphatic heterocycles. The third-order valence-electron chi connectivity index (χ3n) is 3.61. The standard InChI is InChI=1S/C17H23NO2/c1-3-20-17-6-4-15(5-7-17)16-9-12-18(13-10-16)11-8-14(2)19/h4-7,9H,3,8,10-13H2,1-2H3. The van der Waals surface area contributed by atoms with Crippen LogP contribution in [0.2, 0.25) is 0 Å². The van der Waals surface area contributed by atoms with Crippen molar-refractivity contribution in [3.8, 4) is 5.75 Å². The third-order valence-corrected chi connectivity index (χ3v) is 3.61. The van der Waals surface area contributed by atoms with Crippen molar-refractivity contribution >= 4 is 11.4 Å². The SMILES string of the molecule is CCOc1ccc(C2=CCN(CCC(C)=O)CC2)cc1. The van der Waals surface area contributed by atoms with Crippen LogP contribution >= 0.6 is 0 Å². The van der Waals surface area contributed by atoms with Crippen molar-refractivity contribution in [3.05, 3.63) is 35.9 Å². The van der Waals surface area contributed by atoms with E-state index in [0.29, 0.717) is 13.0 Å². The predicted octanol–water partition coefficient (Wildman–Crippen LogP) is 3.15. The highest BCUT2D eigenvalue weighted by atomic mass is 16.5. The molecule has 1 aliphatic rings. The summed E-state index contributed by atoms with van der Waals surface area (Å²) in [5.74, 6) is 1.20. The van der Waals surface area contributed by atoms with E-state index < -0.39 is 0 Å². The van der Waals surface area contributed by atoms with Crippen LogP contribution in [-0.4, -0.2) is 36.9 Å². The van der Waals surface area contributed by atoms with Gasteiger partial charge in [0.15, 0.2) is 0 Å². The lowest BCUT2D eigenvalue weighted by atomic mass is 9.99. The van der Waals surface area contributed by atoms with Gasteiger partial charge in [0.2, 0.25) is 0 Å². The van der Waals surface area contributed by atoms with Crippen molar-refractivity contribution in [1.29, 1.82) is 0 Å². The number of carbonyl (C=O) groups excluding carboxylic acids is 1. The van der Waals surface area contributed by atoms with E-state index in [1.807, 2.05) is 19.1 Å². The number of rotatable bonds is 6. The van der Waals surface area contributed by atoms with Crippen LogP contribution in [0.25, 0.3) is 5.57 Å². The Hall–Kier alpha value is -1.61. The Bertz CT molecular complexity index is 476. The topological polar surface area (TPSA) is 29.5 Å². The lowest BCUT2D eigenvalue weighted by Gasteiger charge is -2.26. The summed E-state index contributed by atoms with van der Waals surface area (Å²) < 4.78 is 5.46. The lowest BCUT2D eigenvalue weighted by molar-refractivity contribution is -0.117. The molecule has 0 atom stereocenters. The number of benzene rings is 1. The van der Waals surface area contributed by atoms with E-state index >= 15 is 0 Å². The summed E-state index contributed by atoms with van der Waals surface area (Å²) in [6, 6.07) is 8.31. The molecule has 0 fully saturated rings. The Kier molecular flexibility index (Phi) is 5.36. The summed E-state index contributed by atoms with van der Waals surface area (Å²) in [5.41, 5.74) is 2.67. The van der Waals surface area contributed by atoms with E-state index in [0.717, 1.165) is 31.8 Å². The van der Waals surface area contributed by atoms with Crippen molar-refractivity contribution < 1.29 is 9.53 Å². The van der Waals surface area contributed by atoms with Crippen LogP contribution in [0, 0.1) is 0 Å². The molecule has 0 saturated heterocycles. The fourth-order valence-corrected chi connectivity index (χ4v) is 2.42. The number of Topliss-reactive ketones (excluding diaryl/α,β-unsaturated/α-hetero) is 1. The van der Waals surface area contributed by atoms with Gasteiger partial charge in [-0.3, -0.25) is 9.69 Å². The lowest BCUT2D eigenvalue weighted by Crippen LogP contribution is -2.30. The van der Waals surface area contributed by atoms with Gasteiger partial charge in [0.25, 0.3) is 0 Å². The molecule has 0 bridgehead atoms. The van der Waals surface area contributed by atoms with Gasteiger partial charge in [-0.15, -0.1) is 0 Å². The number of hydrogen-bond donors (Lipinski definition) is 0. The van der Waals surface area contributed by atoms with Gasteiger partial charge < -0.3 is 4.74 Å². The molecule has 0 unspecified atom stereocenters. The van der Waals surface area contributed by atoms with Crippen LogP contribution in [0.1, 0.15) is 32.3 Å². The van der Waals surface area contributed by atoms with E-state index in [2.05, 4.69) is 23.1 Å². The zero-order valence-electron chi connectivity index (χ0n) is 12.4. The molecule has 0 aromatic heterocycles. The Morgan fingerprint density at radius 1 is 1.30 bits per heavy atom. The largest absolute Gasteiger partial charge is 0.494 e. The number of hydrogen-bond acceptors (Lipinski definition) is 3. The first-order valence-corrected chi connectivity index (χ1v) is 7.33. The fourth-order valence-electron chi connectivity index (χ4n) is 2.42. The number of nitrogens with zero attached hydrogens (tertiary/aromatic N) is 1. The molecule has 2 rings (SSSR count). The highest BCUT2D eigenvalue weighted by Gasteiger charge is 2.13. The molecule has 108 valence electrons. The predicted molar refractivity (Wildman–Crippen MR) is 81.9 cm³/mol. The maximum atomic E-state index is 11.0. The summed E-state index contributed by atoms with van der Waals surface area (Å²) >= 11 is 0. The minimum Gasteiger partial charge on any atom is -0.494 e. The van der Waals surface area contributed by atoms with Gasteiger partial charge in [-0.2, -0.15) is 0 Å². The summed E-state index contributed by atoms with van der Waals surface area (Å²) in [4.78, 5) is 13.3. The van der Waals surface area contributed by atoms with Gasteiger partial charge in [0, 0.05) is 26.1 Å². The van der Waals surface area contributed by atoms with Gasteiger partial charge in [0.1, 0.15) is 11.5 Å². The summed E-state index contributed by atoms with van der Waals surface area (Å²) in [7, 11) is 0. The molecule has 0 aliphatic carbocycles. The molecular weight excluding hydrogens is 250 g/mol. The van der Waals surface area contributed by atoms with Crippen LogP contribution in [0.15, 0.2) is 30.3 Å². The second kappa shape index (κ2) is 7.25. The fraction of sp³-hybridized carbons (Fsp3) is 0.471. The zero-order chi connectivity index (χ0) is 14.4. The minimum atomic E-state index is 0.270. The molecule has 3 nitrogen and oxygen atoms in total. The quantitative estimate of drug-likeness (QED) is 0.797. The summed E-state index contributed by atoms with van der Waals surface area (Å²) in [6.07, 6.45) is 3.98. The van der Waals surface area contributed by atoms with Gasteiger partial charge in [-0.05, 0) is 43.5 Å². The smallest absolute Gasteiger partial charge is 0.131 e. The minimum absolute atomic E-state index is 0.270. The monoisotopic (exact) mass is 273 g/mol. The molecule has 0 radical (unpaired) electrons. The molecule has 0 spiro atoms. The van der Waals surface area contributed by atoms with Crippen molar-refractivity contribution in [3.63, 3.8) is 0 Å². The van der Waals surface area contributed by atoms with Crippen LogP contribution in [0.3, 0.4) is 0 Å². The average molecular weight is 273 g/mol. The normalized spacial score (nSPS) is 15.8. The van der Waals surface area contributed by atoms with E-state index in [4.69, 9.17) is 4.74 Å². The average Bonchev–Trinajstić information content (AvgIpc) is 2.47. The van der Waals surface area contributed by atoms with Crippen molar-refractivity contribution in [2.24, 2.45) is 0 Å². The first-order chi connectivity index (χ1) is 9.69. The van der Waals surface area contributed by atoms with Crippen molar-refractivity contribution in [1.82, 2.24) is 4.90 Å². The van der Waals surface area contributed by atoms with Gasteiger partial charge in [-0.1, -0.05) is 18.2 Å². The maximum absolute atomic E-state index is 11.0. The van der Waals surface area contributed by atoms with E-state index in [1.54, 1.807) is 6.92 Å². The van der Waals surface area contributed by atoms with Crippen LogP contribution in [0.5, 0.6) is 5.75 Å². The Labute approximate surface area is 121 Å². The van der Waals surface area contributed by atoms with Gasteiger partial charge in [0.05, 0.1) is 6.61 Å². The molecule has 0 amide bonds. The van der Waals surface area contributed by atoms with Crippen molar-refractivity contribution in [2.75, 3.05) is 26.2 Å². The van der Waals surface area contributed by atoms with Crippen molar-refractivity contribution in [2.45, 2.75) is 26.7 Å². The van der Waals surface area contributed by atoms with Gasteiger partial charge in [-0.25, -0.2) is 0 Å². The van der Waals surface area contributed by atoms with Crippen LogP contribution in [0.4, 0.5) is 0 Å². The summed E-state index contributed by atoms with van der Waals surface area (Å²) in [6.45, 7) is 7.20. The highest BCUT2D eigenvalue weighted by molar-refractivity contribution is 5.75. The van der Waals surface area contributed by atoms with E-state index in [-0.39, 0.29) is 5.78 Å². The molecular formula is C17H23NO2. The second-order valence-corrected chi connectivity index (χ2v) is 5.19. The van der Waals surface area contributed by atoms with E-state index in [9.17, 15) is 4.79 Å². The molecule has 20 heavy (non-hydrogen) atoms. The maximum Gasteiger partial charge on any atom is 0.131 e. The molecule has 1 aromatic carbocycles. The molecule has 0 saturated carbocycles. The zero-order valence-corrected chi connectivity index (χ0v) is 12.4. The molecule has 1 heterocycles.